The number of primary amides is 1. The van der Waals surface area contributed by atoms with Gasteiger partial charge in [0.15, 0.2) is 12.6 Å². The number of aliphatic imine (C=N–C) groups is 1. The summed E-state index contributed by atoms with van der Waals surface area (Å²) in [6.45, 7) is 1.96. The number of nitrogens with one attached hydrogen (secondary N) is 2. The largest absolute Gasteiger partial charge is 0.484 e. The summed E-state index contributed by atoms with van der Waals surface area (Å²) < 4.78 is 5.35. The second kappa shape index (κ2) is 10.8. The van der Waals surface area contributed by atoms with Crippen LogP contribution in [0.5, 0.6) is 5.75 Å². The highest BCUT2D eigenvalue weighted by atomic mass is 16.5. The molecule has 1 aromatic rings. The maximum Gasteiger partial charge on any atom is 0.255 e. The molecule has 0 aromatic heterocycles. The van der Waals surface area contributed by atoms with Crippen LogP contribution in [0.1, 0.15) is 44.1 Å². The maximum absolute atomic E-state index is 12.8. The predicted octanol–water partition coefficient (Wildman–Crippen LogP) is 1.40. The monoisotopic (exact) mass is 415 g/mol. The Balaban J connectivity index is 1.45. The highest BCUT2D eigenvalue weighted by molar-refractivity contribution is 5.81. The molecule has 1 aromatic carbocycles. The van der Waals surface area contributed by atoms with E-state index in [0.717, 1.165) is 37.9 Å². The molecule has 1 saturated heterocycles. The van der Waals surface area contributed by atoms with Gasteiger partial charge >= 0.3 is 0 Å². The summed E-state index contributed by atoms with van der Waals surface area (Å²) >= 11 is 0. The number of hydrogen-bond acceptors (Lipinski definition) is 4. The van der Waals surface area contributed by atoms with E-state index in [9.17, 15) is 9.59 Å². The Morgan fingerprint density at radius 1 is 1.23 bits per heavy atom. The van der Waals surface area contributed by atoms with Crippen molar-refractivity contribution in [1.82, 2.24) is 15.5 Å². The van der Waals surface area contributed by atoms with Gasteiger partial charge in [0.05, 0.1) is 0 Å². The molecule has 3 rings (SSSR count). The summed E-state index contributed by atoms with van der Waals surface area (Å²) in [6, 6.07) is 7.69. The zero-order valence-electron chi connectivity index (χ0n) is 17.7. The molecule has 30 heavy (non-hydrogen) atoms. The number of ether oxygens (including phenoxy) is 1. The first kappa shape index (κ1) is 21.9. The third-order valence-corrected chi connectivity index (χ3v) is 5.76. The SMILES string of the molecule is CN=C(NCc1cccc(OCC(N)=O)c1)NC1CCN(C(=O)C2CCCCC2)C1. The van der Waals surface area contributed by atoms with Crippen LogP contribution in [0, 0.1) is 5.92 Å². The van der Waals surface area contributed by atoms with Gasteiger partial charge in [-0.25, -0.2) is 0 Å². The topological polar surface area (TPSA) is 109 Å². The maximum atomic E-state index is 12.8. The van der Waals surface area contributed by atoms with Gasteiger partial charge in [-0.05, 0) is 37.0 Å². The minimum atomic E-state index is -0.504. The minimum absolute atomic E-state index is 0.141. The highest BCUT2D eigenvalue weighted by Gasteiger charge is 2.31. The minimum Gasteiger partial charge on any atom is -0.484 e. The van der Waals surface area contributed by atoms with E-state index in [1.165, 1.54) is 19.3 Å². The van der Waals surface area contributed by atoms with Crippen molar-refractivity contribution < 1.29 is 14.3 Å². The van der Waals surface area contributed by atoms with Crippen LogP contribution in [0.15, 0.2) is 29.3 Å². The van der Waals surface area contributed by atoms with Crippen LogP contribution in [-0.4, -0.2) is 55.5 Å². The third-order valence-electron chi connectivity index (χ3n) is 5.76. The van der Waals surface area contributed by atoms with Crippen LogP contribution in [0.25, 0.3) is 0 Å². The summed E-state index contributed by atoms with van der Waals surface area (Å²) in [5.74, 6) is 1.35. The fourth-order valence-electron chi connectivity index (χ4n) is 4.16. The third kappa shape index (κ3) is 6.37. The van der Waals surface area contributed by atoms with Gasteiger partial charge in [-0.1, -0.05) is 31.4 Å². The van der Waals surface area contributed by atoms with Gasteiger partial charge in [-0.15, -0.1) is 0 Å². The Morgan fingerprint density at radius 2 is 2.03 bits per heavy atom. The van der Waals surface area contributed by atoms with E-state index in [-0.39, 0.29) is 18.6 Å². The van der Waals surface area contributed by atoms with Crippen molar-refractivity contribution in [3.05, 3.63) is 29.8 Å². The molecule has 1 saturated carbocycles. The Hall–Kier alpha value is -2.77. The molecule has 8 heteroatoms. The average molecular weight is 416 g/mol. The van der Waals surface area contributed by atoms with E-state index in [1.54, 1.807) is 13.1 Å². The number of carbonyl (C=O) groups is 2. The van der Waals surface area contributed by atoms with Crippen LogP contribution >= 0.6 is 0 Å². The van der Waals surface area contributed by atoms with E-state index >= 15 is 0 Å². The first-order valence-corrected chi connectivity index (χ1v) is 10.8. The number of nitrogens with two attached hydrogens (primary N) is 1. The Labute approximate surface area is 178 Å². The highest BCUT2D eigenvalue weighted by Crippen LogP contribution is 2.26. The molecule has 1 aliphatic heterocycles. The molecule has 2 aliphatic rings. The molecule has 164 valence electrons. The molecule has 0 radical (unpaired) electrons. The van der Waals surface area contributed by atoms with Crippen LogP contribution in [0.2, 0.25) is 0 Å². The molecular formula is C22H33N5O3. The number of amides is 2. The van der Waals surface area contributed by atoms with Gasteiger partial charge in [-0.2, -0.15) is 0 Å². The molecule has 8 nitrogen and oxygen atoms in total. The molecule has 0 spiro atoms. The standard InChI is InChI=1S/C22H33N5O3/c1-24-22(25-13-16-6-5-9-19(12-16)30-15-20(23)28)26-18-10-11-27(14-18)21(29)17-7-3-2-4-8-17/h5-6,9,12,17-18H,2-4,7-8,10-11,13-15H2,1H3,(H2,23,28)(H2,24,25,26). The number of hydrogen-bond donors (Lipinski definition) is 3. The first-order chi connectivity index (χ1) is 14.5. The lowest BCUT2D eigenvalue weighted by Gasteiger charge is -2.26. The fraction of sp³-hybridized carbons (Fsp3) is 0.591. The molecular weight excluding hydrogens is 382 g/mol. The molecule has 1 unspecified atom stereocenters. The van der Waals surface area contributed by atoms with Gasteiger partial charge in [0, 0.05) is 38.6 Å². The van der Waals surface area contributed by atoms with Crippen LogP contribution in [0.3, 0.4) is 0 Å². The Kier molecular flexibility index (Phi) is 7.93. The molecule has 1 aliphatic carbocycles. The van der Waals surface area contributed by atoms with E-state index in [4.69, 9.17) is 10.5 Å². The van der Waals surface area contributed by atoms with Crippen LogP contribution in [0.4, 0.5) is 0 Å². The lowest BCUT2D eigenvalue weighted by atomic mass is 9.88. The quantitative estimate of drug-likeness (QED) is 0.461. The first-order valence-electron chi connectivity index (χ1n) is 10.8. The predicted molar refractivity (Wildman–Crippen MR) is 116 cm³/mol. The number of likely N-dealkylation sites (tertiary alicyclic amines) is 1. The van der Waals surface area contributed by atoms with Gasteiger partial charge in [0.25, 0.3) is 5.91 Å². The van der Waals surface area contributed by atoms with Crippen molar-refractivity contribution in [3.8, 4) is 5.75 Å². The van der Waals surface area contributed by atoms with Crippen molar-refractivity contribution >= 4 is 17.8 Å². The van der Waals surface area contributed by atoms with Crippen molar-refractivity contribution in [2.45, 2.75) is 51.1 Å². The zero-order valence-corrected chi connectivity index (χ0v) is 17.7. The normalized spacial score (nSPS) is 20.1. The lowest BCUT2D eigenvalue weighted by molar-refractivity contribution is -0.135. The summed E-state index contributed by atoms with van der Waals surface area (Å²) in [7, 11) is 1.74. The smallest absolute Gasteiger partial charge is 0.255 e. The molecule has 0 bridgehead atoms. The van der Waals surface area contributed by atoms with Gasteiger partial charge in [0.2, 0.25) is 5.91 Å². The second-order valence-corrected chi connectivity index (χ2v) is 8.08. The Morgan fingerprint density at radius 3 is 2.77 bits per heavy atom. The van der Waals surface area contributed by atoms with Crippen molar-refractivity contribution in [2.75, 3.05) is 26.7 Å². The van der Waals surface area contributed by atoms with Gasteiger partial charge < -0.3 is 26.0 Å². The molecule has 2 amide bonds. The number of rotatable bonds is 7. The molecule has 2 fully saturated rings. The summed E-state index contributed by atoms with van der Waals surface area (Å²) in [5, 5.41) is 6.73. The van der Waals surface area contributed by atoms with E-state index < -0.39 is 5.91 Å². The van der Waals surface area contributed by atoms with Crippen LogP contribution < -0.4 is 21.1 Å². The summed E-state index contributed by atoms with van der Waals surface area (Å²) in [5.41, 5.74) is 6.12. The molecule has 1 atom stereocenters. The van der Waals surface area contributed by atoms with Gasteiger partial charge in [-0.3, -0.25) is 14.6 Å². The average Bonchev–Trinajstić information content (AvgIpc) is 3.24. The van der Waals surface area contributed by atoms with E-state index in [1.807, 2.05) is 23.1 Å². The number of guanidine groups is 1. The summed E-state index contributed by atoms with van der Waals surface area (Å²) in [4.78, 5) is 29.9. The van der Waals surface area contributed by atoms with Crippen molar-refractivity contribution in [3.63, 3.8) is 0 Å². The molecule has 1 heterocycles. The Bertz CT molecular complexity index is 761. The van der Waals surface area contributed by atoms with E-state index in [2.05, 4.69) is 15.6 Å². The zero-order chi connectivity index (χ0) is 21.3. The molecule has 4 N–H and O–H groups in total. The van der Waals surface area contributed by atoms with Crippen molar-refractivity contribution in [2.24, 2.45) is 16.6 Å². The second-order valence-electron chi connectivity index (χ2n) is 8.08. The number of nitrogens with zero attached hydrogens (tertiary/aromatic N) is 2. The lowest BCUT2D eigenvalue weighted by Crippen LogP contribution is -2.45. The fourth-order valence-corrected chi connectivity index (χ4v) is 4.16. The van der Waals surface area contributed by atoms with Gasteiger partial charge in [0.1, 0.15) is 5.75 Å². The van der Waals surface area contributed by atoms with Crippen LogP contribution in [-0.2, 0) is 16.1 Å². The number of carbonyl (C=O) groups excluding carboxylic acids is 2. The summed E-state index contributed by atoms with van der Waals surface area (Å²) in [6.07, 6.45) is 6.62. The van der Waals surface area contributed by atoms with Crippen molar-refractivity contribution in [1.29, 1.82) is 0 Å². The number of benzene rings is 1. The van der Waals surface area contributed by atoms with E-state index in [0.29, 0.717) is 24.2 Å².